The maximum Gasteiger partial charge on any atom is 0.0995 e. The topological polar surface area (TPSA) is 20.2 Å². The highest BCUT2D eigenvalue weighted by Crippen LogP contribution is 2.64. The Hall–Kier alpha value is -1.60. The van der Waals surface area contributed by atoms with Crippen molar-refractivity contribution in [2.45, 2.75) is 50.5 Å². The van der Waals surface area contributed by atoms with Crippen LogP contribution in [-0.4, -0.2) is 5.11 Å². The SMILES string of the molecule is Cc1ccc([C@@]23CC[C@H](C2)C[C@]3(O)c2ccc(C)cc2)cc1. The Morgan fingerprint density at radius 1 is 0.818 bits per heavy atom. The molecule has 2 aliphatic carbocycles. The Balaban J connectivity index is 1.85. The lowest BCUT2D eigenvalue weighted by Crippen LogP contribution is -2.45. The zero-order valence-electron chi connectivity index (χ0n) is 13.5. The minimum atomic E-state index is -0.709. The lowest BCUT2D eigenvalue weighted by molar-refractivity contribution is -0.0392. The van der Waals surface area contributed by atoms with E-state index in [0.717, 1.165) is 24.8 Å². The first-order valence-corrected chi connectivity index (χ1v) is 8.40. The summed E-state index contributed by atoms with van der Waals surface area (Å²) in [6.07, 6.45) is 4.39. The van der Waals surface area contributed by atoms with Gasteiger partial charge in [0.2, 0.25) is 0 Å². The van der Waals surface area contributed by atoms with Gasteiger partial charge in [0.25, 0.3) is 0 Å². The molecule has 0 spiro atoms. The van der Waals surface area contributed by atoms with E-state index in [0.29, 0.717) is 5.92 Å². The molecule has 4 rings (SSSR count). The van der Waals surface area contributed by atoms with Crippen LogP contribution in [0.4, 0.5) is 0 Å². The van der Waals surface area contributed by atoms with Crippen LogP contribution >= 0.6 is 0 Å². The molecule has 3 atom stereocenters. The predicted octanol–water partition coefficient (Wildman–Crippen LogP) is 4.63. The number of rotatable bonds is 2. The van der Waals surface area contributed by atoms with Gasteiger partial charge in [0.05, 0.1) is 5.60 Å². The van der Waals surface area contributed by atoms with Crippen LogP contribution in [0.2, 0.25) is 0 Å². The summed E-state index contributed by atoms with van der Waals surface area (Å²) >= 11 is 0. The maximum absolute atomic E-state index is 11.7. The molecule has 0 aromatic heterocycles. The standard InChI is InChI=1S/C21H24O/c1-15-3-7-18(8-4-15)20-12-11-17(13-20)14-21(20,22)19-9-5-16(2)6-10-19/h3-10,17,22H,11-14H2,1-2H3/t17-,20-,21+/m1/s1. The Morgan fingerprint density at radius 2 is 1.36 bits per heavy atom. The van der Waals surface area contributed by atoms with Gasteiger partial charge in [-0.1, -0.05) is 59.7 Å². The normalized spacial score (nSPS) is 33.3. The molecule has 2 saturated carbocycles. The molecule has 2 bridgehead atoms. The Morgan fingerprint density at radius 3 is 1.91 bits per heavy atom. The number of hydrogen-bond donors (Lipinski definition) is 1. The Kier molecular flexibility index (Phi) is 2.99. The summed E-state index contributed by atoms with van der Waals surface area (Å²) in [5.74, 6) is 0.660. The van der Waals surface area contributed by atoms with Gasteiger partial charge in [-0.3, -0.25) is 0 Å². The number of benzene rings is 2. The highest BCUT2D eigenvalue weighted by molar-refractivity contribution is 5.42. The second kappa shape index (κ2) is 4.70. The highest BCUT2D eigenvalue weighted by Gasteiger charge is 2.62. The maximum atomic E-state index is 11.7. The second-order valence-electron chi connectivity index (χ2n) is 7.49. The third kappa shape index (κ3) is 1.82. The molecule has 1 heteroatoms. The van der Waals surface area contributed by atoms with Crippen molar-refractivity contribution < 1.29 is 5.11 Å². The van der Waals surface area contributed by atoms with Crippen molar-refractivity contribution >= 4 is 0 Å². The minimum Gasteiger partial charge on any atom is -0.384 e. The molecule has 0 radical (unpaired) electrons. The van der Waals surface area contributed by atoms with Crippen LogP contribution in [0.25, 0.3) is 0 Å². The van der Waals surface area contributed by atoms with Crippen LogP contribution in [0.3, 0.4) is 0 Å². The molecule has 1 N–H and O–H groups in total. The van der Waals surface area contributed by atoms with Gasteiger partial charge in [0.15, 0.2) is 0 Å². The lowest BCUT2D eigenvalue weighted by atomic mass is 9.64. The molecular weight excluding hydrogens is 268 g/mol. The number of hydrogen-bond acceptors (Lipinski definition) is 1. The van der Waals surface area contributed by atoms with E-state index in [1.165, 1.54) is 23.1 Å². The minimum absolute atomic E-state index is 0.0966. The Bertz CT molecular complexity index is 683. The smallest absolute Gasteiger partial charge is 0.0995 e. The number of aliphatic hydroxyl groups is 1. The molecule has 1 nitrogen and oxygen atoms in total. The third-order valence-electron chi connectivity index (χ3n) is 6.13. The van der Waals surface area contributed by atoms with Gasteiger partial charge in [0.1, 0.15) is 0 Å². The monoisotopic (exact) mass is 292 g/mol. The molecule has 114 valence electrons. The van der Waals surface area contributed by atoms with Crippen LogP contribution in [0.1, 0.15) is 47.9 Å². The molecule has 2 aromatic carbocycles. The second-order valence-corrected chi connectivity index (χ2v) is 7.49. The van der Waals surface area contributed by atoms with Crippen LogP contribution < -0.4 is 0 Å². The molecule has 22 heavy (non-hydrogen) atoms. The molecule has 0 amide bonds. The van der Waals surface area contributed by atoms with Crippen molar-refractivity contribution in [3.05, 3.63) is 70.8 Å². The molecule has 2 aromatic rings. The number of fused-ring (bicyclic) bond motifs is 2. The van der Waals surface area contributed by atoms with E-state index in [9.17, 15) is 5.11 Å². The van der Waals surface area contributed by atoms with E-state index in [4.69, 9.17) is 0 Å². The molecule has 0 saturated heterocycles. The Labute approximate surface area is 133 Å². The van der Waals surface area contributed by atoms with Gasteiger partial charge >= 0.3 is 0 Å². The van der Waals surface area contributed by atoms with E-state index in [2.05, 4.69) is 62.4 Å². The first-order chi connectivity index (χ1) is 10.5. The third-order valence-corrected chi connectivity index (χ3v) is 6.13. The van der Waals surface area contributed by atoms with Crippen molar-refractivity contribution in [3.63, 3.8) is 0 Å². The van der Waals surface area contributed by atoms with Crippen molar-refractivity contribution in [1.29, 1.82) is 0 Å². The fraction of sp³-hybridized carbons (Fsp3) is 0.429. The quantitative estimate of drug-likeness (QED) is 0.855. The first-order valence-electron chi connectivity index (χ1n) is 8.40. The van der Waals surface area contributed by atoms with Crippen molar-refractivity contribution in [3.8, 4) is 0 Å². The average Bonchev–Trinajstić information content (AvgIpc) is 3.05. The van der Waals surface area contributed by atoms with Crippen LogP contribution in [0, 0.1) is 19.8 Å². The van der Waals surface area contributed by atoms with Crippen LogP contribution in [0.15, 0.2) is 48.5 Å². The van der Waals surface area contributed by atoms with Gasteiger partial charge in [-0.05, 0) is 56.6 Å². The first kappa shape index (κ1) is 14.0. The summed E-state index contributed by atoms with van der Waals surface area (Å²) in [5, 5.41) is 11.7. The summed E-state index contributed by atoms with van der Waals surface area (Å²) in [7, 11) is 0. The van der Waals surface area contributed by atoms with Crippen LogP contribution in [-0.2, 0) is 11.0 Å². The van der Waals surface area contributed by atoms with E-state index < -0.39 is 5.60 Å². The summed E-state index contributed by atoms with van der Waals surface area (Å²) in [5.41, 5.74) is 4.15. The average molecular weight is 292 g/mol. The van der Waals surface area contributed by atoms with Crippen LogP contribution in [0.5, 0.6) is 0 Å². The largest absolute Gasteiger partial charge is 0.384 e. The highest BCUT2D eigenvalue weighted by atomic mass is 16.3. The number of aryl methyl sites for hydroxylation is 2. The molecule has 0 heterocycles. The van der Waals surface area contributed by atoms with E-state index in [-0.39, 0.29) is 5.41 Å². The van der Waals surface area contributed by atoms with Crippen molar-refractivity contribution in [1.82, 2.24) is 0 Å². The molecule has 0 aliphatic heterocycles. The summed E-state index contributed by atoms with van der Waals surface area (Å²) in [4.78, 5) is 0. The van der Waals surface area contributed by atoms with Gasteiger partial charge in [0, 0.05) is 5.41 Å². The predicted molar refractivity (Wildman–Crippen MR) is 89.9 cm³/mol. The summed E-state index contributed by atoms with van der Waals surface area (Å²) < 4.78 is 0. The van der Waals surface area contributed by atoms with Gasteiger partial charge in [-0.2, -0.15) is 0 Å². The van der Waals surface area contributed by atoms with Gasteiger partial charge in [-0.25, -0.2) is 0 Å². The molecule has 2 aliphatic rings. The lowest BCUT2D eigenvalue weighted by Gasteiger charge is -2.44. The van der Waals surface area contributed by atoms with Gasteiger partial charge in [-0.15, -0.1) is 0 Å². The summed E-state index contributed by atoms with van der Waals surface area (Å²) in [6, 6.07) is 17.4. The fourth-order valence-corrected chi connectivity index (χ4v) is 4.91. The van der Waals surface area contributed by atoms with Crippen molar-refractivity contribution in [2.75, 3.05) is 0 Å². The van der Waals surface area contributed by atoms with E-state index in [1.54, 1.807) is 0 Å². The van der Waals surface area contributed by atoms with E-state index >= 15 is 0 Å². The van der Waals surface area contributed by atoms with Gasteiger partial charge < -0.3 is 5.11 Å². The zero-order chi connectivity index (χ0) is 15.4. The molecule has 2 fully saturated rings. The fourth-order valence-electron chi connectivity index (χ4n) is 4.91. The van der Waals surface area contributed by atoms with E-state index in [1.807, 2.05) is 0 Å². The molecule has 0 unspecified atom stereocenters. The zero-order valence-corrected chi connectivity index (χ0v) is 13.5. The summed E-state index contributed by atoms with van der Waals surface area (Å²) in [6.45, 7) is 4.23. The van der Waals surface area contributed by atoms with Crippen molar-refractivity contribution in [2.24, 2.45) is 5.92 Å². The molecular formula is C21H24O.